The minimum Gasteiger partial charge on any atom is -0.490 e. The van der Waals surface area contributed by atoms with Gasteiger partial charge in [0.15, 0.2) is 5.75 Å². The molecule has 1 aromatic rings. The van der Waals surface area contributed by atoms with Crippen molar-refractivity contribution >= 4 is 11.6 Å². The largest absolute Gasteiger partial charge is 0.490 e. The van der Waals surface area contributed by atoms with E-state index in [1.165, 1.54) is 30.2 Å². The Kier molecular flexibility index (Phi) is 4.61. The van der Waals surface area contributed by atoms with E-state index in [2.05, 4.69) is 0 Å². The Balaban J connectivity index is 3.08. The summed E-state index contributed by atoms with van der Waals surface area (Å²) in [5, 5.41) is 10.8. The fourth-order valence-corrected chi connectivity index (χ4v) is 1.48. The lowest BCUT2D eigenvalue weighted by Gasteiger charge is -2.16. The van der Waals surface area contributed by atoms with E-state index in [0.717, 1.165) is 0 Å². The summed E-state index contributed by atoms with van der Waals surface area (Å²) in [4.78, 5) is 23.6. The molecule has 0 aliphatic heterocycles. The van der Waals surface area contributed by atoms with Gasteiger partial charge >= 0.3 is 5.69 Å². The number of hydrogen-bond acceptors (Lipinski definition) is 5. The van der Waals surface area contributed by atoms with Crippen molar-refractivity contribution in [2.24, 2.45) is 5.73 Å². The Morgan fingerprint density at radius 3 is 2.72 bits per heavy atom. The average Bonchev–Trinajstić information content (AvgIpc) is 2.37. The molecule has 0 aromatic heterocycles. The minimum atomic E-state index is -0.585. The number of likely N-dealkylation sites (N-methyl/N-ethyl adjacent to an activating group) is 1. The Morgan fingerprint density at radius 2 is 2.22 bits per heavy atom. The molecule has 18 heavy (non-hydrogen) atoms. The molecule has 1 rings (SSSR count). The summed E-state index contributed by atoms with van der Waals surface area (Å²) in [7, 11) is 2.93. The van der Waals surface area contributed by atoms with Gasteiger partial charge in [0, 0.05) is 31.8 Å². The van der Waals surface area contributed by atoms with Crippen molar-refractivity contribution in [3.05, 3.63) is 33.9 Å². The first-order valence-corrected chi connectivity index (χ1v) is 5.29. The maximum absolute atomic E-state index is 11.9. The standard InChI is InChI=1S/C11H15N3O4/c1-13(6-5-12)11(15)8-3-4-10(18-2)9(7-8)14(16)17/h3-4,7H,5-6,12H2,1-2H3. The lowest BCUT2D eigenvalue weighted by atomic mass is 10.1. The fourth-order valence-electron chi connectivity index (χ4n) is 1.48. The number of benzene rings is 1. The quantitative estimate of drug-likeness (QED) is 0.613. The molecule has 0 aliphatic rings. The zero-order valence-corrected chi connectivity index (χ0v) is 10.3. The Morgan fingerprint density at radius 1 is 1.56 bits per heavy atom. The lowest BCUT2D eigenvalue weighted by molar-refractivity contribution is -0.385. The molecule has 0 saturated carbocycles. The van der Waals surface area contributed by atoms with Crippen molar-refractivity contribution in [2.45, 2.75) is 0 Å². The molecule has 0 atom stereocenters. The summed E-state index contributed by atoms with van der Waals surface area (Å²) in [5.74, 6) is -0.191. The van der Waals surface area contributed by atoms with Crippen LogP contribution >= 0.6 is 0 Å². The molecular weight excluding hydrogens is 238 g/mol. The third kappa shape index (κ3) is 2.95. The monoisotopic (exact) mass is 253 g/mol. The third-order valence-corrected chi connectivity index (χ3v) is 2.43. The van der Waals surface area contributed by atoms with E-state index in [1.54, 1.807) is 7.05 Å². The highest BCUT2D eigenvalue weighted by molar-refractivity contribution is 5.95. The second kappa shape index (κ2) is 5.97. The first-order valence-electron chi connectivity index (χ1n) is 5.29. The predicted molar refractivity (Wildman–Crippen MR) is 65.7 cm³/mol. The van der Waals surface area contributed by atoms with Gasteiger partial charge in [-0.3, -0.25) is 14.9 Å². The van der Waals surface area contributed by atoms with Crippen LogP contribution in [-0.4, -0.2) is 43.0 Å². The smallest absolute Gasteiger partial charge is 0.311 e. The van der Waals surface area contributed by atoms with E-state index in [-0.39, 0.29) is 22.9 Å². The molecule has 0 saturated heterocycles. The molecule has 0 unspecified atom stereocenters. The van der Waals surface area contributed by atoms with Crippen LogP contribution in [0.4, 0.5) is 5.69 Å². The molecule has 0 fully saturated rings. The van der Waals surface area contributed by atoms with E-state index >= 15 is 0 Å². The van der Waals surface area contributed by atoms with Crippen LogP contribution in [0.15, 0.2) is 18.2 Å². The topological polar surface area (TPSA) is 98.7 Å². The number of rotatable bonds is 5. The summed E-state index contributed by atoms with van der Waals surface area (Å²) in [5.41, 5.74) is 5.35. The fraction of sp³-hybridized carbons (Fsp3) is 0.364. The summed E-state index contributed by atoms with van der Waals surface area (Å²) in [6.45, 7) is 0.721. The highest BCUT2D eigenvalue weighted by Gasteiger charge is 2.19. The van der Waals surface area contributed by atoms with Crippen LogP contribution in [0.5, 0.6) is 5.75 Å². The van der Waals surface area contributed by atoms with E-state index in [9.17, 15) is 14.9 Å². The highest BCUT2D eigenvalue weighted by atomic mass is 16.6. The van der Waals surface area contributed by atoms with Crippen LogP contribution in [-0.2, 0) is 0 Å². The third-order valence-electron chi connectivity index (χ3n) is 2.43. The molecule has 1 aromatic carbocycles. The zero-order valence-electron chi connectivity index (χ0n) is 10.3. The maximum atomic E-state index is 11.9. The molecule has 7 heteroatoms. The average molecular weight is 253 g/mol. The number of carbonyl (C=O) groups excluding carboxylic acids is 1. The van der Waals surface area contributed by atoms with E-state index in [0.29, 0.717) is 13.1 Å². The molecule has 98 valence electrons. The second-order valence-corrected chi connectivity index (χ2v) is 3.66. The normalized spacial score (nSPS) is 9.94. The Bertz CT molecular complexity index is 462. The van der Waals surface area contributed by atoms with Crippen molar-refractivity contribution in [3.8, 4) is 5.75 Å². The van der Waals surface area contributed by atoms with Crippen molar-refractivity contribution in [1.82, 2.24) is 4.90 Å². The molecular formula is C11H15N3O4. The van der Waals surface area contributed by atoms with Crippen LogP contribution in [0.3, 0.4) is 0 Å². The van der Waals surface area contributed by atoms with Gasteiger partial charge < -0.3 is 15.4 Å². The number of ether oxygens (including phenoxy) is 1. The number of nitro benzene ring substituents is 1. The van der Waals surface area contributed by atoms with Crippen molar-refractivity contribution in [1.29, 1.82) is 0 Å². The van der Waals surface area contributed by atoms with Crippen molar-refractivity contribution < 1.29 is 14.5 Å². The minimum absolute atomic E-state index is 0.123. The first-order chi connectivity index (χ1) is 8.51. The van der Waals surface area contributed by atoms with Crippen LogP contribution in [0.2, 0.25) is 0 Å². The number of methoxy groups -OCH3 is 1. The number of nitro groups is 1. The number of nitrogens with zero attached hydrogens (tertiary/aromatic N) is 2. The van der Waals surface area contributed by atoms with Gasteiger partial charge in [0.1, 0.15) is 0 Å². The van der Waals surface area contributed by atoms with Gasteiger partial charge in [-0.1, -0.05) is 0 Å². The molecule has 0 heterocycles. The van der Waals surface area contributed by atoms with Gasteiger partial charge in [-0.2, -0.15) is 0 Å². The number of hydrogen-bond donors (Lipinski definition) is 1. The summed E-state index contributed by atoms with van der Waals surface area (Å²) < 4.78 is 4.86. The Labute approximate surface area is 104 Å². The predicted octanol–water partition coefficient (Wildman–Crippen LogP) is 0.634. The first kappa shape index (κ1) is 13.9. The van der Waals surface area contributed by atoms with Gasteiger partial charge in [0.05, 0.1) is 12.0 Å². The molecule has 0 radical (unpaired) electrons. The van der Waals surface area contributed by atoms with Gasteiger partial charge in [-0.05, 0) is 12.1 Å². The second-order valence-electron chi connectivity index (χ2n) is 3.66. The van der Waals surface area contributed by atoms with E-state index in [4.69, 9.17) is 10.5 Å². The van der Waals surface area contributed by atoms with Crippen molar-refractivity contribution in [2.75, 3.05) is 27.2 Å². The van der Waals surface area contributed by atoms with Crippen molar-refractivity contribution in [3.63, 3.8) is 0 Å². The number of carbonyl (C=O) groups is 1. The summed E-state index contributed by atoms with van der Waals surface area (Å²) >= 11 is 0. The lowest BCUT2D eigenvalue weighted by Crippen LogP contribution is -2.31. The zero-order chi connectivity index (χ0) is 13.7. The molecule has 2 N–H and O–H groups in total. The molecule has 7 nitrogen and oxygen atoms in total. The van der Waals surface area contributed by atoms with E-state index in [1.807, 2.05) is 0 Å². The van der Waals surface area contributed by atoms with Crippen LogP contribution < -0.4 is 10.5 Å². The van der Waals surface area contributed by atoms with Crippen LogP contribution in [0, 0.1) is 10.1 Å². The van der Waals surface area contributed by atoms with Gasteiger partial charge in [-0.15, -0.1) is 0 Å². The number of nitrogens with two attached hydrogens (primary N) is 1. The molecule has 0 bridgehead atoms. The van der Waals surface area contributed by atoms with Gasteiger partial charge in [-0.25, -0.2) is 0 Å². The SMILES string of the molecule is COc1ccc(C(=O)N(C)CCN)cc1[N+](=O)[O-]. The molecule has 1 amide bonds. The van der Waals surface area contributed by atoms with Crippen LogP contribution in [0.25, 0.3) is 0 Å². The highest BCUT2D eigenvalue weighted by Crippen LogP contribution is 2.27. The van der Waals surface area contributed by atoms with E-state index < -0.39 is 4.92 Å². The molecule has 0 aliphatic carbocycles. The maximum Gasteiger partial charge on any atom is 0.311 e. The number of amides is 1. The summed E-state index contributed by atoms with van der Waals surface area (Å²) in [6, 6.07) is 4.09. The van der Waals surface area contributed by atoms with Gasteiger partial charge in [0.25, 0.3) is 5.91 Å². The molecule has 0 spiro atoms. The van der Waals surface area contributed by atoms with Gasteiger partial charge in [0.2, 0.25) is 0 Å². The van der Waals surface area contributed by atoms with Crippen LogP contribution in [0.1, 0.15) is 10.4 Å². The summed E-state index contributed by atoms with van der Waals surface area (Å²) in [6.07, 6.45) is 0. The Hall–Kier alpha value is -2.15.